The smallest absolute Gasteiger partial charge is 0.261 e. The molecule has 1 amide bonds. The lowest BCUT2D eigenvalue weighted by atomic mass is 10.1. The van der Waals surface area contributed by atoms with E-state index in [1.807, 2.05) is 19.0 Å². The number of methoxy groups -OCH3 is 1. The van der Waals surface area contributed by atoms with E-state index in [4.69, 9.17) is 9.26 Å². The number of hydrogen-bond donors (Lipinski definition) is 0. The largest absolute Gasteiger partial charge is 0.494 e. The molecular weight excluding hydrogens is 375 g/mol. The second kappa shape index (κ2) is 7.33. The van der Waals surface area contributed by atoms with Crippen LogP contribution in [0.25, 0.3) is 11.3 Å². The summed E-state index contributed by atoms with van der Waals surface area (Å²) in [5, 5.41) is 4.11. The number of anilines is 1. The monoisotopic (exact) mass is 402 g/mol. The number of benzene rings is 1. The van der Waals surface area contributed by atoms with Crippen LogP contribution in [-0.2, 0) is 0 Å². The van der Waals surface area contributed by atoms with Gasteiger partial charge in [-0.3, -0.25) is 4.79 Å². The molecule has 1 aromatic heterocycles. The van der Waals surface area contributed by atoms with Gasteiger partial charge in [-0.15, -0.1) is 0 Å². The minimum Gasteiger partial charge on any atom is -0.494 e. The number of hydrogen-bond acceptors (Lipinski definition) is 6. The van der Waals surface area contributed by atoms with Crippen LogP contribution in [0.15, 0.2) is 22.7 Å². The van der Waals surface area contributed by atoms with Crippen molar-refractivity contribution in [1.29, 1.82) is 0 Å². The Balaban J connectivity index is 1.62. The quantitative estimate of drug-likeness (QED) is 0.740. The molecule has 1 aromatic carbocycles. The molecule has 3 atom stereocenters. The number of nitrogens with zero attached hydrogens (tertiary/aromatic N) is 4. The van der Waals surface area contributed by atoms with Crippen molar-refractivity contribution < 1.29 is 18.4 Å². The summed E-state index contributed by atoms with van der Waals surface area (Å²) in [4.78, 5) is 19.3. The maximum atomic E-state index is 13.8. The maximum absolute atomic E-state index is 13.8. The van der Waals surface area contributed by atoms with E-state index >= 15 is 0 Å². The van der Waals surface area contributed by atoms with Gasteiger partial charge in [-0.1, -0.05) is 5.16 Å². The van der Waals surface area contributed by atoms with Crippen molar-refractivity contribution >= 4 is 11.7 Å². The number of carbonyl (C=O) groups excluding carboxylic acids is 1. The van der Waals surface area contributed by atoms with Crippen molar-refractivity contribution in [3.63, 3.8) is 0 Å². The summed E-state index contributed by atoms with van der Waals surface area (Å²) in [5.74, 6) is 2.15. The molecule has 7 nitrogen and oxygen atoms in total. The molecule has 2 fully saturated rings. The Bertz CT molecular complexity index is 915. The third kappa shape index (κ3) is 3.46. The molecule has 2 aliphatic rings. The lowest BCUT2D eigenvalue weighted by molar-refractivity contribution is 0.0766. The van der Waals surface area contributed by atoms with E-state index in [0.717, 1.165) is 19.6 Å². The van der Waals surface area contributed by atoms with E-state index < -0.39 is 5.82 Å². The second-order valence-corrected chi connectivity index (χ2v) is 8.42. The summed E-state index contributed by atoms with van der Waals surface area (Å²) < 4.78 is 24.5. The highest BCUT2D eigenvalue weighted by Crippen LogP contribution is 2.52. The summed E-state index contributed by atoms with van der Waals surface area (Å²) in [5.41, 5.74) is 0.969. The van der Waals surface area contributed by atoms with Crippen molar-refractivity contribution in [2.75, 3.05) is 59.8 Å². The minimum absolute atomic E-state index is 0.0935. The zero-order valence-corrected chi connectivity index (χ0v) is 17.5. The molecule has 4 rings (SSSR count). The molecular formula is C21H27FN4O3. The molecule has 8 heteroatoms. The van der Waals surface area contributed by atoms with Crippen molar-refractivity contribution in [1.82, 2.24) is 15.0 Å². The highest BCUT2D eigenvalue weighted by molar-refractivity contribution is 6.04. The molecule has 0 radical (unpaired) electrons. The van der Waals surface area contributed by atoms with Crippen molar-refractivity contribution in [3.8, 4) is 17.1 Å². The van der Waals surface area contributed by atoms with Gasteiger partial charge in [0.1, 0.15) is 5.56 Å². The number of halogens is 1. The molecule has 1 saturated carbocycles. The number of rotatable bonds is 6. The fourth-order valence-corrected chi connectivity index (χ4v) is 4.44. The Hall–Kier alpha value is -2.61. The predicted molar refractivity (Wildman–Crippen MR) is 108 cm³/mol. The highest BCUT2D eigenvalue weighted by Gasteiger charge is 2.56. The van der Waals surface area contributed by atoms with E-state index in [1.54, 1.807) is 11.0 Å². The van der Waals surface area contributed by atoms with E-state index in [1.165, 1.54) is 19.2 Å². The summed E-state index contributed by atoms with van der Waals surface area (Å²) in [6.45, 7) is 2.58. The van der Waals surface area contributed by atoms with Crippen molar-refractivity contribution in [2.24, 2.45) is 17.8 Å². The zero-order chi connectivity index (χ0) is 20.9. The molecule has 1 unspecified atom stereocenters. The van der Waals surface area contributed by atoms with Crippen molar-refractivity contribution in [3.05, 3.63) is 29.6 Å². The molecule has 1 aliphatic carbocycles. The van der Waals surface area contributed by atoms with Gasteiger partial charge >= 0.3 is 0 Å². The van der Waals surface area contributed by atoms with Crippen LogP contribution in [-0.4, -0.2) is 75.8 Å². The molecule has 2 aromatic rings. The van der Waals surface area contributed by atoms with E-state index in [-0.39, 0.29) is 11.7 Å². The first-order chi connectivity index (χ1) is 13.8. The standard InChI is InChI=1S/C21H27FN4O3/c1-24(2)9-13-14-10-26(11-15(13)14)21(27)18-19(29-23-20(18)25(3)4)12-6-7-16(22)17(8-12)28-5/h6-8,13-15H,9-11H2,1-5H3/t13?,14-,15+. The average Bonchev–Trinajstić information content (AvgIpc) is 3.08. The van der Waals surface area contributed by atoms with Crippen LogP contribution >= 0.6 is 0 Å². The fraction of sp³-hybridized carbons (Fsp3) is 0.524. The molecule has 0 bridgehead atoms. The summed E-state index contributed by atoms with van der Waals surface area (Å²) in [6, 6.07) is 4.40. The SMILES string of the molecule is COc1cc(-c2onc(N(C)C)c2C(=O)N2C[C@@H]3C(CN(C)C)[C@@H]3C2)ccc1F. The number of fused-ring (bicyclic) bond motifs is 1. The topological polar surface area (TPSA) is 62.1 Å². The molecule has 29 heavy (non-hydrogen) atoms. The van der Waals surface area contributed by atoms with Gasteiger partial charge in [0.2, 0.25) is 0 Å². The Morgan fingerprint density at radius 3 is 2.55 bits per heavy atom. The Morgan fingerprint density at radius 1 is 1.28 bits per heavy atom. The van der Waals surface area contributed by atoms with Gasteiger partial charge in [-0.2, -0.15) is 0 Å². The maximum Gasteiger partial charge on any atom is 0.261 e. The third-order valence-corrected chi connectivity index (χ3v) is 5.96. The first kappa shape index (κ1) is 19.7. The lowest BCUT2D eigenvalue weighted by Crippen LogP contribution is -2.34. The molecule has 156 valence electrons. The van der Waals surface area contributed by atoms with Crippen LogP contribution in [0.5, 0.6) is 5.75 Å². The molecule has 1 aliphatic heterocycles. The third-order valence-electron chi connectivity index (χ3n) is 5.96. The zero-order valence-electron chi connectivity index (χ0n) is 17.5. The highest BCUT2D eigenvalue weighted by atomic mass is 19.1. The van der Waals surface area contributed by atoms with Gasteiger partial charge in [-0.05, 0) is 50.0 Å². The lowest BCUT2D eigenvalue weighted by Gasteiger charge is -2.22. The Kier molecular flexibility index (Phi) is 4.98. The number of amides is 1. The van der Waals surface area contributed by atoms with Crippen LogP contribution in [0.1, 0.15) is 10.4 Å². The predicted octanol–water partition coefficient (Wildman–Crippen LogP) is 2.43. The van der Waals surface area contributed by atoms with Crippen LogP contribution in [0.4, 0.5) is 10.2 Å². The molecule has 0 spiro atoms. The Morgan fingerprint density at radius 2 is 1.97 bits per heavy atom. The minimum atomic E-state index is -0.469. The number of ether oxygens (including phenoxy) is 1. The van der Waals surface area contributed by atoms with Crippen LogP contribution in [0.3, 0.4) is 0 Å². The number of carbonyl (C=O) groups is 1. The van der Waals surface area contributed by atoms with Crippen LogP contribution < -0.4 is 9.64 Å². The summed E-state index contributed by atoms with van der Waals surface area (Å²) in [7, 11) is 9.21. The molecule has 2 heterocycles. The van der Waals surface area contributed by atoms with E-state index in [0.29, 0.717) is 40.5 Å². The average molecular weight is 402 g/mol. The van der Waals surface area contributed by atoms with Gasteiger partial charge in [-0.25, -0.2) is 4.39 Å². The normalized spacial score (nSPS) is 22.7. The first-order valence-corrected chi connectivity index (χ1v) is 9.76. The van der Waals surface area contributed by atoms with E-state index in [9.17, 15) is 9.18 Å². The fourth-order valence-electron chi connectivity index (χ4n) is 4.44. The number of likely N-dealkylation sites (tertiary alicyclic amines) is 1. The van der Waals surface area contributed by atoms with Crippen molar-refractivity contribution in [2.45, 2.75) is 0 Å². The first-order valence-electron chi connectivity index (χ1n) is 9.76. The molecule has 1 saturated heterocycles. The molecule has 0 N–H and O–H groups in total. The van der Waals surface area contributed by atoms with Gasteiger partial charge in [0.15, 0.2) is 23.1 Å². The second-order valence-electron chi connectivity index (χ2n) is 8.42. The summed E-state index contributed by atoms with van der Waals surface area (Å²) in [6.07, 6.45) is 0. The number of piperidine rings is 1. The summed E-state index contributed by atoms with van der Waals surface area (Å²) >= 11 is 0. The van der Waals surface area contributed by atoms with Crippen LogP contribution in [0, 0.1) is 23.6 Å². The van der Waals surface area contributed by atoms with Gasteiger partial charge in [0.05, 0.1) is 7.11 Å². The van der Waals surface area contributed by atoms with Gasteiger partial charge < -0.3 is 24.0 Å². The van der Waals surface area contributed by atoms with Gasteiger partial charge in [0, 0.05) is 39.3 Å². The van der Waals surface area contributed by atoms with E-state index in [2.05, 4.69) is 24.2 Å². The Labute approximate surface area is 170 Å². The van der Waals surface area contributed by atoms with Gasteiger partial charge in [0.25, 0.3) is 5.91 Å². The number of aromatic nitrogens is 1. The van der Waals surface area contributed by atoms with Crippen LogP contribution in [0.2, 0.25) is 0 Å².